The fraction of sp³-hybridized carbons (Fsp3) is 0.304. The number of rotatable bonds is 3. The van der Waals surface area contributed by atoms with Crippen molar-refractivity contribution in [3.05, 3.63) is 69.3 Å². The average Bonchev–Trinajstić information content (AvgIpc) is 2.91. The molecule has 30 heavy (non-hydrogen) atoms. The largest absolute Gasteiger partial charge is 0.372 e. The van der Waals surface area contributed by atoms with Crippen LogP contribution in [0.4, 0.5) is 5.69 Å². The summed E-state index contributed by atoms with van der Waals surface area (Å²) in [7, 11) is 0. The highest BCUT2D eigenvalue weighted by Crippen LogP contribution is 2.39. The van der Waals surface area contributed by atoms with Crippen LogP contribution in [0.3, 0.4) is 0 Å². The molecule has 1 saturated heterocycles. The molecule has 4 rings (SSSR count). The maximum absolute atomic E-state index is 13.6. The normalized spacial score (nSPS) is 22.3. The molecule has 5 nitrogen and oxygen atoms in total. The molecule has 0 bridgehead atoms. The first kappa shape index (κ1) is 20.9. The Morgan fingerprint density at radius 3 is 2.30 bits per heavy atom. The van der Waals surface area contributed by atoms with Crippen molar-refractivity contribution in [1.29, 1.82) is 0 Å². The Bertz CT molecular complexity index is 1060. The van der Waals surface area contributed by atoms with Crippen LogP contribution in [0, 0.1) is 6.92 Å². The lowest BCUT2D eigenvalue weighted by Gasteiger charge is -2.37. The van der Waals surface area contributed by atoms with E-state index in [2.05, 4.69) is 0 Å². The lowest BCUT2D eigenvalue weighted by molar-refractivity contribution is -0.121. The van der Waals surface area contributed by atoms with Gasteiger partial charge in [-0.05, 0) is 50.6 Å². The van der Waals surface area contributed by atoms with Crippen molar-refractivity contribution in [2.24, 2.45) is 0 Å². The van der Waals surface area contributed by atoms with Crippen molar-refractivity contribution in [2.45, 2.75) is 33.0 Å². The molecular formula is C23H22Cl2N2O3. The third-order valence-electron chi connectivity index (χ3n) is 5.26. The zero-order chi connectivity index (χ0) is 21.6. The van der Waals surface area contributed by atoms with Gasteiger partial charge in [-0.15, -0.1) is 0 Å². The summed E-state index contributed by atoms with van der Waals surface area (Å²) in [5, 5.41) is 0.795. The zero-order valence-corrected chi connectivity index (χ0v) is 18.5. The first-order valence-electron chi connectivity index (χ1n) is 9.82. The summed E-state index contributed by atoms with van der Waals surface area (Å²) in [5.74, 6) is -0.746. The minimum absolute atomic E-state index is 0.0703. The molecule has 2 unspecified atom stereocenters. The van der Waals surface area contributed by atoms with Crippen LogP contribution in [0.15, 0.2) is 48.2 Å². The molecule has 0 saturated carbocycles. The van der Waals surface area contributed by atoms with E-state index in [1.165, 1.54) is 4.90 Å². The molecule has 2 amide bonds. The van der Waals surface area contributed by atoms with Crippen molar-refractivity contribution >= 4 is 46.3 Å². The summed E-state index contributed by atoms with van der Waals surface area (Å²) < 4.78 is 5.83. The van der Waals surface area contributed by atoms with Gasteiger partial charge in [-0.25, -0.2) is 4.90 Å². The van der Waals surface area contributed by atoms with Gasteiger partial charge in [0.05, 0.1) is 28.5 Å². The predicted molar refractivity (Wildman–Crippen MR) is 119 cm³/mol. The van der Waals surface area contributed by atoms with Crippen LogP contribution in [0.2, 0.25) is 10.0 Å². The summed E-state index contributed by atoms with van der Waals surface area (Å²) in [6.45, 7) is 6.85. The van der Waals surface area contributed by atoms with E-state index in [9.17, 15) is 9.59 Å². The number of amides is 2. The highest BCUT2D eigenvalue weighted by Gasteiger charge is 2.44. The van der Waals surface area contributed by atoms with Crippen LogP contribution in [0.5, 0.6) is 0 Å². The van der Waals surface area contributed by atoms with E-state index >= 15 is 0 Å². The number of imide groups is 1. The van der Waals surface area contributed by atoms with Gasteiger partial charge in [-0.1, -0.05) is 41.4 Å². The van der Waals surface area contributed by atoms with E-state index < -0.39 is 5.91 Å². The molecule has 2 heterocycles. The first-order chi connectivity index (χ1) is 14.3. The molecule has 0 radical (unpaired) electrons. The zero-order valence-electron chi connectivity index (χ0n) is 17.0. The second-order valence-corrected chi connectivity index (χ2v) is 8.64. The summed E-state index contributed by atoms with van der Waals surface area (Å²) in [5.41, 5.74) is 2.65. The number of aryl methyl sites for hydroxylation is 1. The molecule has 7 heteroatoms. The van der Waals surface area contributed by atoms with E-state index in [-0.39, 0.29) is 18.1 Å². The van der Waals surface area contributed by atoms with Gasteiger partial charge >= 0.3 is 0 Å². The van der Waals surface area contributed by atoms with E-state index in [0.29, 0.717) is 45.7 Å². The van der Waals surface area contributed by atoms with Gasteiger partial charge in [-0.2, -0.15) is 0 Å². The minimum Gasteiger partial charge on any atom is -0.372 e. The van der Waals surface area contributed by atoms with E-state index in [0.717, 1.165) is 5.56 Å². The van der Waals surface area contributed by atoms with Gasteiger partial charge in [0.25, 0.3) is 11.8 Å². The highest BCUT2D eigenvalue weighted by molar-refractivity contribution is 6.47. The van der Waals surface area contributed by atoms with E-state index in [1.807, 2.05) is 43.9 Å². The van der Waals surface area contributed by atoms with Crippen LogP contribution >= 0.6 is 23.2 Å². The molecule has 0 aromatic heterocycles. The third-order valence-corrected chi connectivity index (χ3v) is 5.80. The molecule has 0 spiro atoms. The number of hydrogen-bond donors (Lipinski definition) is 0. The smallest absolute Gasteiger partial charge is 0.282 e. The predicted octanol–water partition coefficient (Wildman–Crippen LogP) is 4.70. The van der Waals surface area contributed by atoms with Gasteiger partial charge < -0.3 is 9.64 Å². The Morgan fingerprint density at radius 1 is 0.967 bits per heavy atom. The molecule has 2 aliphatic rings. The Morgan fingerprint density at radius 2 is 1.67 bits per heavy atom. The van der Waals surface area contributed by atoms with Gasteiger partial charge in [0.15, 0.2) is 0 Å². The number of nitrogens with zero attached hydrogens (tertiary/aromatic N) is 2. The SMILES string of the molecule is Cc1cccc(N2C(=O)C(c3ccc(Cl)cc3Cl)=C(N3CC(C)OC(C)C3)C2=O)c1. The monoisotopic (exact) mass is 444 g/mol. The Kier molecular flexibility index (Phi) is 5.62. The van der Waals surface area contributed by atoms with Crippen LogP contribution in [0.1, 0.15) is 25.0 Å². The third kappa shape index (κ3) is 3.73. The molecular weight excluding hydrogens is 423 g/mol. The number of carbonyl (C=O) groups excluding carboxylic acids is 2. The number of hydrogen-bond acceptors (Lipinski definition) is 4. The Balaban J connectivity index is 1.88. The topological polar surface area (TPSA) is 49.9 Å². The number of benzene rings is 2. The maximum atomic E-state index is 13.6. The lowest BCUT2D eigenvalue weighted by Crippen LogP contribution is -2.47. The van der Waals surface area contributed by atoms with Crippen molar-refractivity contribution in [3.8, 4) is 0 Å². The highest BCUT2D eigenvalue weighted by atomic mass is 35.5. The average molecular weight is 445 g/mol. The van der Waals surface area contributed by atoms with Crippen LogP contribution < -0.4 is 4.90 Å². The van der Waals surface area contributed by atoms with E-state index in [4.69, 9.17) is 27.9 Å². The number of ether oxygens (including phenoxy) is 1. The van der Waals surface area contributed by atoms with Crippen LogP contribution in [0.25, 0.3) is 5.57 Å². The first-order valence-corrected chi connectivity index (χ1v) is 10.6. The molecule has 0 N–H and O–H groups in total. The Hall–Kier alpha value is -2.34. The summed E-state index contributed by atoms with van der Waals surface area (Å²) in [6, 6.07) is 12.3. The van der Waals surface area contributed by atoms with Crippen molar-refractivity contribution < 1.29 is 14.3 Å². The number of halogens is 2. The molecule has 156 valence electrons. The number of morpholine rings is 1. The molecule has 2 atom stereocenters. The van der Waals surface area contributed by atoms with E-state index in [1.54, 1.807) is 24.3 Å². The fourth-order valence-corrected chi connectivity index (χ4v) is 4.61. The van der Waals surface area contributed by atoms with Gasteiger partial charge in [0, 0.05) is 23.7 Å². The lowest BCUT2D eigenvalue weighted by atomic mass is 10.0. The maximum Gasteiger partial charge on any atom is 0.282 e. The summed E-state index contributed by atoms with van der Waals surface area (Å²) in [4.78, 5) is 30.3. The molecule has 2 aromatic carbocycles. The minimum atomic E-state index is -0.392. The quantitative estimate of drug-likeness (QED) is 0.643. The molecule has 1 fully saturated rings. The standard InChI is InChI=1S/C23H22Cl2N2O3/c1-13-5-4-6-17(9-13)27-22(28)20(18-8-7-16(24)10-19(18)25)21(23(27)29)26-11-14(2)30-15(3)12-26/h4-10,14-15H,11-12H2,1-3H3. The second kappa shape index (κ2) is 8.06. The number of carbonyl (C=O) groups is 2. The second-order valence-electron chi connectivity index (χ2n) is 7.79. The van der Waals surface area contributed by atoms with Crippen molar-refractivity contribution in [1.82, 2.24) is 4.90 Å². The summed E-state index contributed by atoms with van der Waals surface area (Å²) >= 11 is 12.5. The molecule has 2 aromatic rings. The van der Waals surface area contributed by atoms with Gasteiger partial charge in [0.1, 0.15) is 5.70 Å². The molecule has 2 aliphatic heterocycles. The summed E-state index contributed by atoms with van der Waals surface area (Å²) in [6.07, 6.45) is -0.141. The van der Waals surface area contributed by atoms with Crippen molar-refractivity contribution in [2.75, 3.05) is 18.0 Å². The van der Waals surface area contributed by atoms with Crippen LogP contribution in [-0.4, -0.2) is 42.0 Å². The van der Waals surface area contributed by atoms with Crippen LogP contribution in [-0.2, 0) is 14.3 Å². The number of anilines is 1. The van der Waals surface area contributed by atoms with Gasteiger partial charge in [0.2, 0.25) is 0 Å². The van der Waals surface area contributed by atoms with Crippen molar-refractivity contribution in [3.63, 3.8) is 0 Å². The Labute approximate surface area is 185 Å². The fourth-order valence-electron chi connectivity index (χ4n) is 4.11. The van der Waals surface area contributed by atoms with Gasteiger partial charge in [-0.3, -0.25) is 9.59 Å². The molecule has 0 aliphatic carbocycles.